The Morgan fingerprint density at radius 2 is 2.15 bits per heavy atom. The lowest BCUT2D eigenvalue weighted by Gasteiger charge is -2.17. The maximum atomic E-state index is 11.1. The third-order valence-corrected chi connectivity index (χ3v) is 2.32. The SMILES string of the molecule is CCCCCC1(O)CC(=O)NC1=O. The van der Waals surface area contributed by atoms with E-state index in [9.17, 15) is 14.7 Å². The molecule has 2 amide bonds. The van der Waals surface area contributed by atoms with Gasteiger partial charge in [-0.25, -0.2) is 0 Å². The molecule has 0 aromatic rings. The van der Waals surface area contributed by atoms with Crippen LogP contribution >= 0.6 is 0 Å². The van der Waals surface area contributed by atoms with Crippen LogP contribution in [0.25, 0.3) is 0 Å². The monoisotopic (exact) mass is 185 g/mol. The molecule has 13 heavy (non-hydrogen) atoms. The molecule has 0 aromatic heterocycles. The molecule has 4 nitrogen and oxygen atoms in total. The Morgan fingerprint density at radius 1 is 1.46 bits per heavy atom. The molecule has 0 bridgehead atoms. The fourth-order valence-electron chi connectivity index (χ4n) is 1.50. The van der Waals surface area contributed by atoms with Crippen molar-refractivity contribution in [2.45, 2.75) is 44.6 Å². The number of unbranched alkanes of at least 4 members (excludes halogenated alkanes) is 2. The summed E-state index contributed by atoms with van der Waals surface area (Å²) in [7, 11) is 0. The molecular formula is C9H15NO3. The van der Waals surface area contributed by atoms with Gasteiger partial charge in [0, 0.05) is 0 Å². The van der Waals surface area contributed by atoms with Crippen molar-refractivity contribution in [1.29, 1.82) is 0 Å². The first kappa shape index (κ1) is 10.2. The molecule has 1 rings (SSSR count). The number of hydrogen-bond donors (Lipinski definition) is 2. The Hall–Kier alpha value is -0.900. The van der Waals surface area contributed by atoms with Gasteiger partial charge in [-0.3, -0.25) is 14.9 Å². The van der Waals surface area contributed by atoms with Gasteiger partial charge in [0.2, 0.25) is 5.91 Å². The van der Waals surface area contributed by atoms with E-state index < -0.39 is 11.5 Å². The summed E-state index contributed by atoms with van der Waals surface area (Å²) in [4.78, 5) is 21.9. The molecule has 0 aromatic carbocycles. The van der Waals surface area contributed by atoms with E-state index in [0.29, 0.717) is 6.42 Å². The Bertz CT molecular complexity index is 227. The van der Waals surface area contributed by atoms with E-state index in [0.717, 1.165) is 19.3 Å². The number of hydrogen-bond acceptors (Lipinski definition) is 3. The Balaban J connectivity index is 2.46. The van der Waals surface area contributed by atoms with E-state index in [4.69, 9.17) is 0 Å². The van der Waals surface area contributed by atoms with E-state index >= 15 is 0 Å². The highest BCUT2D eigenvalue weighted by atomic mass is 16.3. The van der Waals surface area contributed by atoms with Gasteiger partial charge in [0.15, 0.2) is 5.60 Å². The number of rotatable bonds is 4. The molecule has 1 aliphatic heterocycles. The standard InChI is InChI=1S/C9H15NO3/c1-2-3-4-5-9(13)6-7(11)10-8(9)12/h13H,2-6H2,1H3,(H,10,11,12). The van der Waals surface area contributed by atoms with Crippen LogP contribution in [0.3, 0.4) is 0 Å². The van der Waals surface area contributed by atoms with Crippen molar-refractivity contribution in [2.75, 3.05) is 0 Å². The van der Waals surface area contributed by atoms with Gasteiger partial charge in [-0.15, -0.1) is 0 Å². The number of carbonyl (C=O) groups excluding carboxylic acids is 2. The first-order valence-electron chi connectivity index (χ1n) is 4.65. The van der Waals surface area contributed by atoms with E-state index in [1.54, 1.807) is 0 Å². The van der Waals surface area contributed by atoms with Gasteiger partial charge < -0.3 is 5.11 Å². The second-order valence-corrected chi connectivity index (χ2v) is 3.54. The van der Waals surface area contributed by atoms with Gasteiger partial charge in [-0.1, -0.05) is 26.2 Å². The van der Waals surface area contributed by atoms with Crippen LogP contribution in [0, 0.1) is 0 Å². The molecule has 1 aliphatic rings. The van der Waals surface area contributed by atoms with Gasteiger partial charge in [-0.05, 0) is 6.42 Å². The molecule has 0 aliphatic carbocycles. The summed E-state index contributed by atoms with van der Waals surface area (Å²) in [6.45, 7) is 2.05. The van der Waals surface area contributed by atoms with Crippen molar-refractivity contribution in [3.05, 3.63) is 0 Å². The number of nitrogens with one attached hydrogen (secondary N) is 1. The van der Waals surface area contributed by atoms with Crippen LogP contribution in [-0.2, 0) is 9.59 Å². The minimum Gasteiger partial charge on any atom is -0.379 e. The smallest absolute Gasteiger partial charge is 0.259 e. The van der Waals surface area contributed by atoms with Gasteiger partial charge in [0.1, 0.15) is 0 Å². The molecule has 1 heterocycles. The number of imide groups is 1. The van der Waals surface area contributed by atoms with Crippen molar-refractivity contribution < 1.29 is 14.7 Å². The summed E-state index contributed by atoms with van der Waals surface area (Å²) in [5.41, 5.74) is -1.42. The fraction of sp³-hybridized carbons (Fsp3) is 0.778. The zero-order valence-electron chi connectivity index (χ0n) is 7.80. The molecular weight excluding hydrogens is 170 g/mol. The first-order valence-corrected chi connectivity index (χ1v) is 4.65. The summed E-state index contributed by atoms with van der Waals surface area (Å²) in [5, 5.41) is 11.8. The molecule has 1 atom stereocenters. The van der Waals surface area contributed by atoms with Gasteiger partial charge in [0.05, 0.1) is 6.42 Å². The van der Waals surface area contributed by atoms with Crippen molar-refractivity contribution in [3.63, 3.8) is 0 Å². The Morgan fingerprint density at radius 3 is 2.62 bits per heavy atom. The van der Waals surface area contributed by atoms with Crippen LogP contribution in [0.5, 0.6) is 0 Å². The predicted octanol–water partition coefficient (Wildman–Crippen LogP) is 0.344. The maximum Gasteiger partial charge on any atom is 0.259 e. The van der Waals surface area contributed by atoms with Crippen molar-refractivity contribution in [3.8, 4) is 0 Å². The van der Waals surface area contributed by atoms with Crippen LogP contribution < -0.4 is 5.32 Å². The molecule has 4 heteroatoms. The van der Waals surface area contributed by atoms with Crippen LogP contribution in [0.15, 0.2) is 0 Å². The topological polar surface area (TPSA) is 66.4 Å². The summed E-state index contributed by atoms with van der Waals surface area (Å²) >= 11 is 0. The minimum atomic E-state index is -1.42. The zero-order chi connectivity index (χ0) is 9.90. The second-order valence-electron chi connectivity index (χ2n) is 3.54. The lowest BCUT2D eigenvalue weighted by molar-refractivity contribution is -0.135. The quantitative estimate of drug-likeness (QED) is 0.490. The predicted molar refractivity (Wildman–Crippen MR) is 46.9 cm³/mol. The summed E-state index contributed by atoms with van der Waals surface area (Å²) < 4.78 is 0. The summed E-state index contributed by atoms with van der Waals surface area (Å²) in [5.74, 6) is -0.905. The highest BCUT2D eigenvalue weighted by Gasteiger charge is 2.44. The third-order valence-electron chi connectivity index (χ3n) is 2.32. The molecule has 0 radical (unpaired) electrons. The highest BCUT2D eigenvalue weighted by Crippen LogP contribution is 2.23. The van der Waals surface area contributed by atoms with Gasteiger partial charge in [-0.2, -0.15) is 0 Å². The third kappa shape index (κ3) is 2.28. The van der Waals surface area contributed by atoms with Gasteiger partial charge >= 0.3 is 0 Å². The maximum absolute atomic E-state index is 11.1. The molecule has 0 spiro atoms. The van der Waals surface area contributed by atoms with Crippen molar-refractivity contribution >= 4 is 11.8 Å². The van der Waals surface area contributed by atoms with E-state index in [-0.39, 0.29) is 12.3 Å². The molecule has 2 N–H and O–H groups in total. The largest absolute Gasteiger partial charge is 0.379 e. The van der Waals surface area contributed by atoms with Crippen LogP contribution in [0.4, 0.5) is 0 Å². The highest BCUT2D eigenvalue weighted by molar-refractivity contribution is 6.07. The molecule has 1 saturated heterocycles. The zero-order valence-corrected chi connectivity index (χ0v) is 7.80. The minimum absolute atomic E-state index is 0.0739. The Kier molecular flexibility index (Phi) is 3.03. The average molecular weight is 185 g/mol. The fourth-order valence-corrected chi connectivity index (χ4v) is 1.50. The van der Waals surface area contributed by atoms with Crippen LogP contribution in [0.2, 0.25) is 0 Å². The molecule has 0 saturated carbocycles. The lowest BCUT2D eigenvalue weighted by Crippen LogP contribution is -2.37. The number of aliphatic hydroxyl groups is 1. The summed E-state index contributed by atoms with van der Waals surface area (Å²) in [6, 6.07) is 0. The van der Waals surface area contributed by atoms with Crippen LogP contribution in [0.1, 0.15) is 39.0 Å². The molecule has 1 unspecified atom stereocenters. The Labute approximate surface area is 77.3 Å². The van der Waals surface area contributed by atoms with E-state index in [2.05, 4.69) is 5.32 Å². The normalized spacial score (nSPS) is 27.8. The van der Waals surface area contributed by atoms with E-state index in [1.807, 2.05) is 6.92 Å². The van der Waals surface area contributed by atoms with Crippen molar-refractivity contribution in [2.24, 2.45) is 0 Å². The lowest BCUT2D eigenvalue weighted by atomic mass is 9.94. The van der Waals surface area contributed by atoms with E-state index in [1.165, 1.54) is 0 Å². The van der Waals surface area contributed by atoms with Crippen LogP contribution in [-0.4, -0.2) is 22.5 Å². The number of carbonyl (C=O) groups is 2. The molecule has 1 fully saturated rings. The van der Waals surface area contributed by atoms with Gasteiger partial charge in [0.25, 0.3) is 5.91 Å². The summed E-state index contributed by atoms with van der Waals surface area (Å²) in [6.07, 6.45) is 3.11. The average Bonchev–Trinajstić information content (AvgIpc) is 2.27. The molecule has 74 valence electrons. The van der Waals surface area contributed by atoms with Crippen molar-refractivity contribution in [1.82, 2.24) is 5.32 Å². The first-order chi connectivity index (χ1) is 6.08. The number of amides is 2. The second kappa shape index (κ2) is 3.87.